The van der Waals surface area contributed by atoms with Crippen LogP contribution in [0.3, 0.4) is 0 Å². The fraction of sp³-hybridized carbons (Fsp3) is 0.950. The summed E-state index contributed by atoms with van der Waals surface area (Å²) < 4.78 is 58.4. The van der Waals surface area contributed by atoms with Crippen molar-refractivity contribution in [3.63, 3.8) is 0 Å². The maximum Gasteiger partial charge on any atom is 0.217 e. The van der Waals surface area contributed by atoms with E-state index in [-0.39, 0.29) is 0 Å². The van der Waals surface area contributed by atoms with Gasteiger partial charge in [-0.15, -0.1) is 0 Å². The summed E-state index contributed by atoms with van der Waals surface area (Å²) in [6.07, 6.45) is -53.2. The van der Waals surface area contributed by atoms with E-state index in [9.17, 15) is 102 Å². The van der Waals surface area contributed by atoms with Gasteiger partial charge in [0.25, 0.3) is 0 Å². The summed E-state index contributed by atoms with van der Waals surface area (Å²) in [4.78, 5) is 24.9. The maximum absolute atomic E-state index is 12.9. The number of rotatable bonds is 21. The molecule has 5 aliphatic heterocycles. The first-order chi connectivity index (χ1) is 34.0. The highest BCUT2D eigenvalue weighted by Crippen LogP contribution is 2.37. The SMILES string of the molecule is CC(=O)N[C@H]1[C@H](O[C@H]2[C@@H](O)[C@@H](CO)O[C@@H](O[C@@H]([C@@H](O)[C@H](O)CO)[C@H](CO)NC(C)=O)[C@@H]2O)O[C@H](CO)[C@@H](O)[C@@H]1O[C@@H]1O[C@H](CO)[C@H](O)[C@H](O[C@H]2O[C@H](CO)[C@H](O)[C@H](O)[C@H]2O)[C@H]1O[C@@H]1O[C@@H](C)[C@@H](O)[C@@H](O)[C@@H]1O. The number of carbonyl (C=O) groups excluding carboxylic acids is 2. The molecular formula is C40H70N2O30. The molecule has 29 atom stereocenters. The Balaban J connectivity index is 1.54. The lowest BCUT2D eigenvalue weighted by atomic mass is 9.94. The number of carbonyl (C=O) groups is 2. The van der Waals surface area contributed by atoms with E-state index >= 15 is 0 Å². The van der Waals surface area contributed by atoms with Gasteiger partial charge in [0.15, 0.2) is 31.5 Å². The molecule has 0 spiro atoms. The van der Waals surface area contributed by atoms with Crippen molar-refractivity contribution in [1.29, 1.82) is 0 Å². The first-order valence-electron chi connectivity index (χ1n) is 22.9. The zero-order chi connectivity index (χ0) is 53.6. The minimum absolute atomic E-state index is 0.774. The largest absolute Gasteiger partial charge is 0.394 e. The van der Waals surface area contributed by atoms with Gasteiger partial charge in [0.1, 0.15) is 134 Å². The summed E-state index contributed by atoms with van der Waals surface area (Å²) in [7, 11) is 0. The Labute approximate surface area is 409 Å². The van der Waals surface area contributed by atoms with Crippen molar-refractivity contribution < 1.29 is 149 Å². The summed E-state index contributed by atoms with van der Waals surface area (Å²) in [5.41, 5.74) is 0. The third-order valence-electron chi connectivity index (χ3n) is 12.9. The van der Waals surface area contributed by atoms with E-state index in [0.29, 0.717) is 0 Å². The Morgan fingerprint density at radius 1 is 0.472 bits per heavy atom. The standard InChI is InChI=1S/C40H70N2O30/c1-10-20(52)26(58)28(60)37(63-10)72-35-34(71-38-29(61)27(59)22(54)15(6-45)65-38)25(57)18(9-48)67-40(35)69-32-19(42-12(3)50)36(64-16(7-46)23(32)55)70-33-24(56)17(8-47)66-39(30(33)62)68-31(21(53)14(51)5-44)13(4-43)41-11(2)49/h10,13-40,43-48,51-62H,4-9H2,1-3H3,(H,41,49)(H,42,50)/t10-,13-,14+,15+,16+,17+,18+,19+,20+,21-,22-,23+,24-,25-,26+,27-,28-,29+,30+,31+,32+,33-,34-,35+,36-,37-,38+,39-,40-/m0/s1. The van der Waals surface area contributed by atoms with Crippen LogP contribution >= 0.6 is 0 Å². The number of ether oxygens (including phenoxy) is 10. The molecule has 2 amide bonds. The van der Waals surface area contributed by atoms with Gasteiger partial charge >= 0.3 is 0 Å². The maximum atomic E-state index is 12.9. The first-order valence-corrected chi connectivity index (χ1v) is 22.9. The average molecular weight is 1060 g/mol. The van der Waals surface area contributed by atoms with Gasteiger partial charge in [0.2, 0.25) is 11.8 Å². The second-order valence-corrected chi connectivity index (χ2v) is 18.0. The molecule has 20 N–H and O–H groups in total. The van der Waals surface area contributed by atoms with Crippen LogP contribution in [0.2, 0.25) is 0 Å². The average Bonchev–Trinajstić information content (AvgIpc) is 3.35. The highest BCUT2D eigenvalue weighted by Gasteiger charge is 2.58. The van der Waals surface area contributed by atoms with E-state index in [0.717, 1.165) is 13.8 Å². The smallest absolute Gasteiger partial charge is 0.217 e. The lowest BCUT2D eigenvalue weighted by molar-refractivity contribution is -0.403. The van der Waals surface area contributed by atoms with Gasteiger partial charge < -0.3 is 150 Å². The fourth-order valence-electron chi connectivity index (χ4n) is 8.82. The van der Waals surface area contributed by atoms with Gasteiger partial charge in [-0.1, -0.05) is 0 Å². The summed E-state index contributed by atoms with van der Waals surface area (Å²) in [6.45, 7) is -2.91. The molecule has 0 aromatic heterocycles. The molecule has 0 radical (unpaired) electrons. The van der Waals surface area contributed by atoms with Crippen molar-refractivity contribution in [3.05, 3.63) is 0 Å². The highest BCUT2D eigenvalue weighted by molar-refractivity contribution is 5.73. The van der Waals surface area contributed by atoms with E-state index in [1.807, 2.05) is 0 Å². The van der Waals surface area contributed by atoms with Crippen LogP contribution in [0, 0.1) is 0 Å². The first kappa shape index (κ1) is 60.7. The minimum atomic E-state index is -2.26. The van der Waals surface area contributed by atoms with Crippen LogP contribution in [-0.4, -0.2) is 321 Å². The van der Waals surface area contributed by atoms with E-state index in [1.165, 1.54) is 6.92 Å². The van der Waals surface area contributed by atoms with Crippen LogP contribution in [0.5, 0.6) is 0 Å². The molecular weight excluding hydrogens is 988 g/mol. The summed E-state index contributed by atoms with van der Waals surface area (Å²) in [5, 5.41) is 197. The van der Waals surface area contributed by atoms with Gasteiger partial charge in [0.05, 0.1) is 51.8 Å². The van der Waals surface area contributed by atoms with Crippen LogP contribution in [-0.2, 0) is 57.0 Å². The van der Waals surface area contributed by atoms with Gasteiger partial charge in [0, 0.05) is 13.8 Å². The molecule has 5 aliphatic rings. The van der Waals surface area contributed by atoms with Crippen LogP contribution in [0.4, 0.5) is 0 Å². The molecule has 0 aromatic carbocycles. The zero-order valence-corrected chi connectivity index (χ0v) is 38.9. The minimum Gasteiger partial charge on any atom is -0.394 e. The van der Waals surface area contributed by atoms with Crippen molar-refractivity contribution in [1.82, 2.24) is 10.6 Å². The van der Waals surface area contributed by atoms with Crippen LogP contribution in [0.15, 0.2) is 0 Å². The molecule has 72 heavy (non-hydrogen) atoms. The third kappa shape index (κ3) is 13.5. The molecule has 420 valence electrons. The molecule has 5 fully saturated rings. The zero-order valence-electron chi connectivity index (χ0n) is 38.9. The molecule has 5 rings (SSSR count). The van der Waals surface area contributed by atoms with Crippen molar-refractivity contribution in [2.24, 2.45) is 0 Å². The van der Waals surface area contributed by atoms with Crippen molar-refractivity contribution in [2.75, 3.05) is 39.6 Å². The summed E-state index contributed by atoms with van der Waals surface area (Å²) in [6, 6.07) is -3.45. The predicted molar refractivity (Wildman–Crippen MR) is 223 cm³/mol. The Bertz CT molecular complexity index is 1680. The van der Waals surface area contributed by atoms with Crippen molar-refractivity contribution in [2.45, 2.75) is 199 Å². The second-order valence-electron chi connectivity index (χ2n) is 18.0. The van der Waals surface area contributed by atoms with E-state index in [1.54, 1.807) is 0 Å². The second kappa shape index (κ2) is 26.7. The molecule has 5 heterocycles. The van der Waals surface area contributed by atoms with E-state index < -0.39 is 229 Å². The number of nitrogens with one attached hydrogen (secondary N) is 2. The Morgan fingerprint density at radius 2 is 0.917 bits per heavy atom. The topological polar surface area (TPSA) is 515 Å². The number of amides is 2. The van der Waals surface area contributed by atoms with Gasteiger partial charge in [-0.25, -0.2) is 0 Å². The quantitative estimate of drug-likeness (QED) is 0.0507. The van der Waals surface area contributed by atoms with Crippen LogP contribution < -0.4 is 10.6 Å². The molecule has 5 saturated heterocycles. The molecule has 0 aliphatic carbocycles. The Hall–Kier alpha value is -2.18. The molecule has 0 saturated carbocycles. The number of aliphatic hydroxyl groups excluding tert-OH is 18. The molecule has 0 aromatic rings. The van der Waals surface area contributed by atoms with E-state index in [4.69, 9.17) is 47.4 Å². The lowest BCUT2D eigenvalue weighted by Crippen LogP contribution is -2.71. The number of aliphatic hydroxyl groups is 18. The summed E-state index contributed by atoms with van der Waals surface area (Å²) >= 11 is 0. The molecule has 0 bridgehead atoms. The third-order valence-corrected chi connectivity index (χ3v) is 12.9. The fourth-order valence-corrected chi connectivity index (χ4v) is 8.82. The van der Waals surface area contributed by atoms with E-state index in [2.05, 4.69) is 10.6 Å². The molecule has 32 nitrogen and oxygen atoms in total. The van der Waals surface area contributed by atoms with Crippen LogP contribution in [0.25, 0.3) is 0 Å². The lowest BCUT2D eigenvalue weighted by Gasteiger charge is -2.51. The highest BCUT2D eigenvalue weighted by atomic mass is 16.8. The Kier molecular flexibility index (Phi) is 22.5. The molecule has 32 heteroatoms. The van der Waals surface area contributed by atoms with Crippen molar-refractivity contribution in [3.8, 4) is 0 Å². The predicted octanol–water partition coefficient (Wildman–Crippen LogP) is -13.1. The number of hydrogen-bond acceptors (Lipinski definition) is 30. The molecule has 0 unspecified atom stereocenters. The summed E-state index contributed by atoms with van der Waals surface area (Å²) in [5.74, 6) is -1.69. The van der Waals surface area contributed by atoms with Gasteiger partial charge in [-0.3, -0.25) is 9.59 Å². The Morgan fingerprint density at radius 3 is 1.44 bits per heavy atom. The monoisotopic (exact) mass is 1060 g/mol. The normalized spacial score (nSPS) is 45.7. The number of hydrogen-bond donors (Lipinski definition) is 20. The van der Waals surface area contributed by atoms with Crippen LogP contribution in [0.1, 0.15) is 20.8 Å². The van der Waals surface area contributed by atoms with Gasteiger partial charge in [-0.2, -0.15) is 0 Å². The van der Waals surface area contributed by atoms with Crippen molar-refractivity contribution >= 4 is 11.8 Å². The van der Waals surface area contributed by atoms with Gasteiger partial charge in [-0.05, 0) is 6.92 Å².